The summed E-state index contributed by atoms with van der Waals surface area (Å²) in [6, 6.07) is 0. The van der Waals surface area contributed by atoms with Crippen LogP contribution in [-0.4, -0.2) is 28.9 Å². The number of nitrogens with one attached hydrogen (secondary N) is 1. The van der Waals surface area contributed by atoms with Crippen molar-refractivity contribution in [3.05, 3.63) is 0 Å². The molecule has 0 aromatic rings. The van der Waals surface area contributed by atoms with Gasteiger partial charge in [0.2, 0.25) is 0 Å². The Hall–Kier alpha value is 0.0569. The van der Waals surface area contributed by atoms with E-state index in [0.29, 0.717) is 5.92 Å². The Bertz CT molecular complexity index is 345. The Balaban J connectivity index is 3.68. The van der Waals surface area contributed by atoms with Gasteiger partial charge in [-0.3, -0.25) is 4.98 Å². The number of unbranched alkanes of at least 4 members (excludes halogenated alkanes) is 13. The van der Waals surface area contributed by atoms with Gasteiger partial charge in [-0.05, 0) is 32.6 Å². The molecule has 4 N–H and O–H groups in total. The fraction of sp³-hybridized carbons (Fsp3) is 1.00. The molecule has 0 spiro atoms. The van der Waals surface area contributed by atoms with Crippen LogP contribution in [0.5, 0.6) is 0 Å². The lowest BCUT2D eigenvalue weighted by Crippen LogP contribution is -2.63. The van der Waals surface area contributed by atoms with Gasteiger partial charge in [0.05, 0.1) is 0 Å². The molecule has 1 atom stereocenters. The minimum Gasteiger partial charge on any atom is -0.377 e. The van der Waals surface area contributed by atoms with Crippen LogP contribution in [0.4, 0.5) is 0 Å². The Morgan fingerprint density at radius 1 is 0.607 bits per heavy atom. The quantitative estimate of drug-likeness (QED) is 0.144. The van der Waals surface area contributed by atoms with Crippen LogP contribution in [-0.2, 0) is 0 Å². The highest BCUT2D eigenvalue weighted by molar-refractivity contribution is 6.53. The van der Waals surface area contributed by atoms with Gasteiger partial charge in [-0.1, -0.05) is 110 Å². The van der Waals surface area contributed by atoms with E-state index in [0.717, 1.165) is 19.3 Å². The van der Waals surface area contributed by atoms with E-state index in [9.17, 15) is 14.4 Å². The third-order valence-corrected chi connectivity index (χ3v) is 7.03. The highest BCUT2D eigenvalue weighted by Gasteiger charge is 2.39. The minimum atomic E-state index is -4.22. The van der Waals surface area contributed by atoms with Crippen LogP contribution in [0.2, 0.25) is 0 Å². The van der Waals surface area contributed by atoms with Crippen molar-refractivity contribution in [3.8, 4) is 0 Å². The van der Waals surface area contributed by atoms with Gasteiger partial charge in [0, 0.05) is 5.54 Å². The number of hydrogen-bond donors (Lipinski definition) is 4. The van der Waals surface area contributed by atoms with E-state index < -0.39 is 14.5 Å². The Kier molecular flexibility index (Phi) is 16.8. The highest BCUT2D eigenvalue weighted by atomic mass is 28.4. The lowest BCUT2D eigenvalue weighted by Gasteiger charge is -2.37. The zero-order valence-corrected chi connectivity index (χ0v) is 20.4. The molecule has 0 bridgehead atoms. The smallest absolute Gasteiger partial charge is 0.377 e. The van der Waals surface area contributed by atoms with E-state index >= 15 is 0 Å². The first-order chi connectivity index (χ1) is 13.2. The van der Waals surface area contributed by atoms with Crippen LogP contribution in [0.1, 0.15) is 137 Å². The van der Waals surface area contributed by atoms with Crippen molar-refractivity contribution < 1.29 is 14.4 Å². The van der Waals surface area contributed by atoms with Crippen molar-refractivity contribution in [2.75, 3.05) is 0 Å². The number of hydrogen-bond acceptors (Lipinski definition) is 4. The first-order valence-electron chi connectivity index (χ1n) is 12.2. The SMILES string of the molecule is CCCCCCCCCCCCCCCCC(CCC)C(C)(C)N[Si](O)(O)O. The normalized spacial score (nSPS) is 13.8. The maximum Gasteiger partial charge on any atom is 0.588 e. The fourth-order valence-electron chi connectivity index (χ4n) is 4.33. The largest absolute Gasteiger partial charge is 0.588 e. The summed E-state index contributed by atoms with van der Waals surface area (Å²) >= 11 is 0. The van der Waals surface area contributed by atoms with Crippen molar-refractivity contribution in [1.29, 1.82) is 0 Å². The van der Waals surface area contributed by atoms with Gasteiger partial charge < -0.3 is 14.4 Å². The van der Waals surface area contributed by atoms with Gasteiger partial charge in [-0.15, -0.1) is 0 Å². The molecule has 5 heteroatoms. The van der Waals surface area contributed by atoms with Crippen LogP contribution in [0, 0.1) is 5.92 Å². The predicted octanol–water partition coefficient (Wildman–Crippen LogP) is 6.05. The summed E-state index contributed by atoms with van der Waals surface area (Å²) in [5.74, 6) is 0.355. The molecular formula is C23H51NO3Si. The van der Waals surface area contributed by atoms with Crippen molar-refractivity contribution >= 4 is 8.97 Å². The molecule has 0 aliphatic heterocycles. The van der Waals surface area contributed by atoms with Gasteiger partial charge in [-0.2, -0.15) is 0 Å². The summed E-state index contributed by atoms with van der Waals surface area (Å²) in [7, 11) is -4.22. The molecule has 28 heavy (non-hydrogen) atoms. The molecule has 0 heterocycles. The Morgan fingerprint density at radius 2 is 1.00 bits per heavy atom. The average molecular weight is 418 g/mol. The first-order valence-corrected chi connectivity index (χ1v) is 14.0. The minimum absolute atomic E-state index is 0.355. The molecule has 170 valence electrons. The third-order valence-electron chi connectivity index (χ3n) is 6.05. The van der Waals surface area contributed by atoms with E-state index in [2.05, 4.69) is 18.8 Å². The first kappa shape index (κ1) is 28.1. The molecule has 0 aliphatic rings. The third kappa shape index (κ3) is 17.0. The molecule has 0 saturated carbocycles. The van der Waals surface area contributed by atoms with Crippen LogP contribution in [0.3, 0.4) is 0 Å². The van der Waals surface area contributed by atoms with E-state index in [1.165, 1.54) is 89.9 Å². The van der Waals surface area contributed by atoms with Gasteiger partial charge in [0.1, 0.15) is 0 Å². The molecule has 1 unspecified atom stereocenters. The molecule has 0 aromatic carbocycles. The van der Waals surface area contributed by atoms with E-state index in [4.69, 9.17) is 0 Å². The van der Waals surface area contributed by atoms with Gasteiger partial charge in [0.25, 0.3) is 0 Å². The summed E-state index contributed by atoms with van der Waals surface area (Å²) < 4.78 is 0. The second kappa shape index (κ2) is 16.8. The predicted molar refractivity (Wildman–Crippen MR) is 123 cm³/mol. The summed E-state index contributed by atoms with van der Waals surface area (Å²) in [5.41, 5.74) is -0.447. The summed E-state index contributed by atoms with van der Waals surface area (Å²) in [5, 5.41) is 0. The second-order valence-corrected chi connectivity index (χ2v) is 10.9. The molecule has 0 amide bonds. The molecule has 0 rings (SSSR count). The van der Waals surface area contributed by atoms with Crippen molar-refractivity contribution in [3.63, 3.8) is 0 Å². The molecule has 0 aromatic heterocycles. The van der Waals surface area contributed by atoms with E-state index in [1.54, 1.807) is 0 Å². The van der Waals surface area contributed by atoms with Crippen LogP contribution in [0.15, 0.2) is 0 Å². The Labute approximate surface area is 177 Å². The maximum absolute atomic E-state index is 9.40. The zero-order chi connectivity index (χ0) is 21.3. The second-order valence-electron chi connectivity index (χ2n) is 9.35. The standard InChI is InChI=1S/C23H51NO3Si/c1-5-7-8-9-10-11-12-13-14-15-16-17-18-19-21-22(20-6-2)23(3,4)24-28(25,26)27/h22,24-27H,5-21H2,1-4H3. The molecule has 0 saturated heterocycles. The molecule has 0 fully saturated rings. The van der Waals surface area contributed by atoms with Crippen LogP contribution < -0.4 is 4.98 Å². The fourth-order valence-corrected chi connectivity index (χ4v) is 5.40. The molecule has 0 radical (unpaired) electrons. The summed E-state index contributed by atoms with van der Waals surface area (Å²) in [6.45, 7) is 8.38. The van der Waals surface area contributed by atoms with E-state index in [1.807, 2.05) is 13.8 Å². The van der Waals surface area contributed by atoms with Crippen molar-refractivity contribution in [2.24, 2.45) is 5.92 Å². The molecule has 0 aliphatic carbocycles. The lowest BCUT2D eigenvalue weighted by molar-refractivity contribution is 0.155. The van der Waals surface area contributed by atoms with Crippen molar-refractivity contribution in [1.82, 2.24) is 4.98 Å². The van der Waals surface area contributed by atoms with Crippen LogP contribution >= 0.6 is 0 Å². The van der Waals surface area contributed by atoms with Gasteiger partial charge >= 0.3 is 8.97 Å². The summed E-state index contributed by atoms with van der Waals surface area (Å²) in [6.07, 6.45) is 22.3. The average Bonchev–Trinajstić information content (AvgIpc) is 2.59. The van der Waals surface area contributed by atoms with E-state index in [-0.39, 0.29) is 0 Å². The van der Waals surface area contributed by atoms with Gasteiger partial charge in [0.15, 0.2) is 0 Å². The number of rotatable bonds is 20. The van der Waals surface area contributed by atoms with Crippen molar-refractivity contribution in [2.45, 2.75) is 142 Å². The monoisotopic (exact) mass is 417 g/mol. The molecule has 4 nitrogen and oxygen atoms in total. The van der Waals surface area contributed by atoms with Gasteiger partial charge in [-0.25, -0.2) is 0 Å². The van der Waals surface area contributed by atoms with Crippen LogP contribution in [0.25, 0.3) is 0 Å². The zero-order valence-electron chi connectivity index (χ0n) is 19.4. The highest BCUT2D eigenvalue weighted by Crippen LogP contribution is 2.28. The molecular weight excluding hydrogens is 366 g/mol. The summed E-state index contributed by atoms with van der Waals surface area (Å²) in [4.78, 5) is 30.9. The maximum atomic E-state index is 9.40. The lowest BCUT2D eigenvalue weighted by atomic mass is 9.81. The topological polar surface area (TPSA) is 72.7 Å². The Morgan fingerprint density at radius 3 is 1.36 bits per heavy atom.